The molecular weight excluding hydrogens is 212 g/mol. The van der Waals surface area contributed by atoms with Gasteiger partial charge >= 0.3 is 5.97 Å². The summed E-state index contributed by atoms with van der Waals surface area (Å²) < 4.78 is 0. The van der Waals surface area contributed by atoms with E-state index in [9.17, 15) is 9.59 Å². The molecule has 1 saturated carbocycles. The number of hydrogen-bond donors (Lipinski definition) is 4. The highest BCUT2D eigenvalue weighted by atomic mass is 16.4. The molecule has 3 atom stereocenters. The smallest absolute Gasteiger partial charge is 0.334 e. The molecule has 0 spiro atoms. The normalized spacial score (nSPS) is 27.1. The van der Waals surface area contributed by atoms with Crippen molar-refractivity contribution >= 4 is 11.9 Å². The lowest BCUT2D eigenvalue weighted by atomic mass is 9.84. The molecule has 0 aliphatic heterocycles. The molecule has 0 saturated heterocycles. The van der Waals surface area contributed by atoms with Crippen LogP contribution >= 0.6 is 0 Å². The number of aliphatic carboxylic acids is 1. The fourth-order valence-corrected chi connectivity index (χ4v) is 1.90. The summed E-state index contributed by atoms with van der Waals surface area (Å²) in [6, 6.07) is -0.157. The highest BCUT2D eigenvalue weighted by molar-refractivity contribution is 5.80. The summed E-state index contributed by atoms with van der Waals surface area (Å²) in [5, 5.41) is 19.8. The zero-order valence-corrected chi connectivity index (χ0v) is 9.06. The maximum atomic E-state index is 11.6. The summed E-state index contributed by atoms with van der Waals surface area (Å²) in [5.41, 5.74) is 5.81. The van der Waals surface area contributed by atoms with E-state index in [4.69, 9.17) is 15.9 Å². The number of carboxylic acids is 1. The van der Waals surface area contributed by atoms with Crippen molar-refractivity contribution in [2.45, 2.75) is 37.8 Å². The molecule has 1 aliphatic rings. The first-order valence-corrected chi connectivity index (χ1v) is 5.46. The lowest BCUT2D eigenvalue weighted by molar-refractivity contribution is -0.146. The van der Waals surface area contributed by atoms with E-state index in [0.29, 0.717) is 0 Å². The van der Waals surface area contributed by atoms with Gasteiger partial charge < -0.3 is 21.3 Å². The van der Waals surface area contributed by atoms with E-state index < -0.39 is 12.1 Å². The lowest BCUT2D eigenvalue weighted by Crippen LogP contribution is -2.46. The van der Waals surface area contributed by atoms with Crippen LogP contribution in [0.3, 0.4) is 0 Å². The number of nitrogens with two attached hydrogens (primary N) is 1. The topological polar surface area (TPSA) is 113 Å². The molecule has 0 bridgehead atoms. The molecular formula is C10H18N2O4. The third kappa shape index (κ3) is 3.46. The molecule has 0 aromatic rings. The quantitative estimate of drug-likeness (QED) is 0.498. The largest absolute Gasteiger partial charge is 0.479 e. The number of carbonyl (C=O) groups is 2. The van der Waals surface area contributed by atoms with Crippen LogP contribution in [0.5, 0.6) is 0 Å². The van der Waals surface area contributed by atoms with Crippen LogP contribution in [0.2, 0.25) is 0 Å². The number of rotatable bonds is 4. The minimum absolute atomic E-state index is 0.157. The molecule has 1 rings (SSSR count). The van der Waals surface area contributed by atoms with E-state index >= 15 is 0 Å². The minimum Gasteiger partial charge on any atom is -0.479 e. The Labute approximate surface area is 93.8 Å². The molecule has 5 N–H and O–H groups in total. The third-order valence-electron chi connectivity index (χ3n) is 2.91. The van der Waals surface area contributed by atoms with Gasteiger partial charge in [0.1, 0.15) is 0 Å². The zero-order chi connectivity index (χ0) is 12.1. The summed E-state index contributed by atoms with van der Waals surface area (Å²) in [4.78, 5) is 22.0. The summed E-state index contributed by atoms with van der Waals surface area (Å²) >= 11 is 0. The lowest BCUT2D eigenvalue weighted by Gasteiger charge is -2.27. The summed E-state index contributed by atoms with van der Waals surface area (Å²) in [6.07, 6.45) is 2.00. The molecule has 16 heavy (non-hydrogen) atoms. The van der Waals surface area contributed by atoms with Gasteiger partial charge in [0, 0.05) is 6.04 Å². The molecule has 92 valence electrons. The van der Waals surface area contributed by atoms with Crippen molar-refractivity contribution in [1.82, 2.24) is 5.32 Å². The SMILES string of the molecule is NC1CCCCC1C(=O)NCC(O)C(=O)O. The Hall–Kier alpha value is -1.14. The molecule has 0 aromatic carbocycles. The number of nitrogens with one attached hydrogen (secondary N) is 1. The molecule has 1 amide bonds. The van der Waals surface area contributed by atoms with Gasteiger partial charge in [0.15, 0.2) is 6.10 Å². The second-order valence-electron chi connectivity index (χ2n) is 4.15. The fraction of sp³-hybridized carbons (Fsp3) is 0.800. The van der Waals surface area contributed by atoms with Crippen LogP contribution in [-0.2, 0) is 9.59 Å². The van der Waals surface area contributed by atoms with Crippen molar-refractivity contribution in [3.63, 3.8) is 0 Å². The van der Waals surface area contributed by atoms with Crippen LogP contribution in [0.4, 0.5) is 0 Å². The second kappa shape index (κ2) is 5.81. The maximum Gasteiger partial charge on any atom is 0.334 e. The molecule has 1 fully saturated rings. The summed E-state index contributed by atoms with van der Waals surface area (Å²) in [6.45, 7) is -0.266. The highest BCUT2D eigenvalue weighted by Gasteiger charge is 2.28. The van der Waals surface area contributed by atoms with Crippen molar-refractivity contribution in [1.29, 1.82) is 0 Å². The monoisotopic (exact) mass is 230 g/mol. The number of carboxylic acid groups (broad SMARTS) is 1. The van der Waals surface area contributed by atoms with Gasteiger partial charge in [-0.2, -0.15) is 0 Å². The van der Waals surface area contributed by atoms with E-state index in [0.717, 1.165) is 25.7 Å². The number of amides is 1. The van der Waals surface area contributed by atoms with Crippen LogP contribution in [0, 0.1) is 5.92 Å². The van der Waals surface area contributed by atoms with Gasteiger partial charge in [0.05, 0.1) is 12.5 Å². The Morgan fingerprint density at radius 3 is 2.56 bits per heavy atom. The van der Waals surface area contributed by atoms with Gasteiger partial charge in [-0.1, -0.05) is 12.8 Å². The third-order valence-corrected chi connectivity index (χ3v) is 2.91. The van der Waals surface area contributed by atoms with Gasteiger partial charge in [0.25, 0.3) is 0 Å². The van der Waals surface area contributed by atoms with Gasteiger partial charge in [-0.15, -0.1) is 0 Å². The van der Waals surface area contributed by atoms with Gasteiger partial charge in [-0.25, -0.2) is 4.79 Å². The number of aliphatic hydroxyl groups is 1. The summed E-state index contributed by atoms with van der Waals surface area (Å²) in [7, 11) is 0. The zero-order valence-electron chi connectivity index (χ0n) is 9.06. The minimum atomic E-state index is -1.55. The van der Waals surface area contributed by atoms with Crippen molar-refractivity contribution in [2.24, 2.45) is 11.7 Å². The van der Waals surface area contributed by atoms with Crippen LogP contribution in [0.1, 0.15) is 25.7 Å². The van der Waals surface area contributed by atoms with Crippen LogP contribution in [0.15, 0.2) is 0 Å². The van der Waals surface area contributed by atoms with Crippen molar-refractivity contribution in [3.8, 4) is 0 Å². The number of carbonyl (C=O) groups excluding carboxylic acids is 1. The summed E-state index contributed by atoms with van der Waals surface area (Å²) in [5.74, 6) is -1.85. The van der Waals surface area contributed by atoms with Crippen molar-refractivity contribution < 1.29 is 19.8 Å². The maximum absolute atomic E-state index is 11.6. The van der Waals surface area contributed by atoms with Crippen molar-refractivity contribution in [3.05, 3.63) is 0 Å². The second-order valence-corrected chi connectivity index (χ2v) is 4.15. The Morgan fingerprint density at radius 1 is 1.38 bits per heavy atom. The van der Waals surface area contributed by atoms with Gasteiger partial charge in [0.2, 0.25) is 5.91 Å². The van der Waals surface area contributed by atoms with E-state index in [2.05, 4.69) is 5.32 Å². The first-order chi connectivity index (χ1) is 7.52. The van der Waals surface area contributed by atoms with Crippen LogP contribution in [-0.4, -0.2) is 40.8 Å². The fourth-order valence-electron chi connectivity index (χ4n) is 1.90. The van der Waals surface area contributed by atoms with Crippen LogP contribution < -0.4 is 11.1 Å². The van der Waals surface area contributed by atoms with E-state index in [1.165, 1.54) is 0 Å². The average molecular weight is 230 g/mol. The van der Waals surface area contributed by atoms with Crippen molar-refractivity contribution in [2.75, 3.05) is 6.54 Å². The van der Waals surface area contributed by atoms with Crippen LogP contribution in [0.25, 0.3) is 0 Å². The van der Waals surface area contributed by atoms with Gasteiger partial charge in [-0.3, -0.25) is 4.79 Å². The van der Waals surface area contributed by atoms with E-state index in [1.54, 1.807) is 0 Å². The molecule has 0 heterocycles. The molecule has 6 heteroatoms. The predicted molar refractivity (Wildman–Crippen MR) is 56.6 cm³/mol. The highest BCUT2D eigenvalue weighted by Crippen LogP contribution is 2.22. The molecule has 1 aliphatic carbocycles. The first kappa shape index (κ1) is 12.9. The Morgan fingerprint density at radius 2 is 2.00 bits per heavy atom. The Bertz CT molecular complexity index is 270. The standard InChI is InChI=1S/C10H18N2O4/c11-7-4-2-1-3-6(7)9(14)12-5-8(13)10(15)16/h6-8,13H,1-5,11H2,(H,12,14)(H,15,16). The molecule has 0 radical (unpaired) electrons. The Kier molecular flexibility index (Phi) is 4.70. The van der Waals surface area contributed by atoms with E-state index in [1.807, 2.05) is 0 Å². The molecule has 0 aromatic heterocycles. The van der Waals surface area contributed by atoms with Gasteiger partial charge in [-0.05, 0) is 12.8 Å². The molecule has 6 nitrogen and oxygen atoms in total. The average Bonchev–Trinajstić information content (AvgIpc) is 2.25. The molecule has 3 unspecified atom stereocenters. The van der Waals surface area contributed by atoms with E-state index in [-0.39, 0.29) is 24.4 Å². The Balaban J connectivity index is 2.36. The number of hydrogen-bond acceptors (Lipinski definition) is 4. The number of aliphatic hydroxyl groups excluding tert-OH is 1. The first-order valence-electron chi connectivity index (χ1n) is 5.46. The predicted octanol–water partition coefficient (Wildman–Crippen LogP) is -0.934.